The van der Waals surface area contributed by atoms with E-state index in [1.165, 1.54) is 38.7 Å². The van der Waals surface area contributed by atoms with E-state index in [9.17, 15) is 0 Å². The van der Waals surface area contributed by atoms with Gasteiger partial charge in [0, 0.05) is 35.5 Å². The normalized spacial score (nSPS) is 20.4. The van der Waals surface area contributed by atoms with Gasteiger partial charge in [-0.1, -0.05) is 79.0 Å². The molecule has 0 spiro atoms. The maximum atomic E-state index is 6.18. The van der Waals surface area contributed by atoms with Crippen molar-refractivity contribution in [2.45, 2.75) is 90.9 Å². The first-order valence-corrected chi connectivity index (χ1v) is 20.2. The Balaban J connectivity index is 1.65. The Morgan fingerprint density at radius 3 is 2.38 bits per heavy atom. The van der Waals surface area contributed by atoms with Crippen molar-refractivity contribution < 1.29 is 13.9 Å². The summed E-state index contributed by atoms with van der Waals surface area (Å²) in [7, 11) is -1.66. The largest absolute Gasteiger partial charge is 0.442 e. The lowest BCUT2D eigenvalue weighted by Gasteiger charge is -2.32. The van der Waals surface area contributed by atoms with Gasteiger partial charge in [-0.25, -0.2) is 0 Å². The number of fused-ring (bicyclic) bond motifs is 8. The molecule has 5 heteroatoms. The van der Waals surface area contributed by atoms with Crippen LogP contribution in [0.5, 0.6) is 0 Å². The predicted octanol–water partition coefficient (Wildman–Crippen LogP) is 8.32. The van der Waals surface area contributed by atoms with Gasteiger partial charge in [-0.2, -0.15) is 9.13 Å². The zero-order chi connectivity index (χ0) is 32.4. The van der Waals surface area contributed by atoms with Crippen LogP contribution in [0.1, 0.15) is 93.6 Å². The standard InChI is InChI=1S/C40H51N3OSi/c1-24(2)26(5)30-18-19-42-27(6)40-34(17-16-31-22-41-29(8)44-28(7)39(31)37(42)20-30)32-14-12-13-15-33(32)36-21-35(25(3)4)38(23-43(36)40)45(9,10)11/h12-15,18-21,23-26,34,40-41H,6-8,16-17,22H2,1-5,9-11H3/q+2. The lowest BCUT2D eigenvalue weighted by atomic mass is 9.78. The van der Waals surface area contributed by atoms with E-state index in [0.29, 0.717) is 35.9 Å². The second-order valence-electron chi connectivity index (χ2n) is 15.0. The highest BCUT2D eigenvalue weighted by atomic mass is 28.3. The van der Waals surface area contributed by atoms with Gasteiger partial charge in [0.05, 0.1) is 19.6 Å². The lowest BCUT2D eigenvalue weighted by molar-refractivity contribution is -0.728. The van der Waals surface area contributed by atoms with Crippen LogP contribution in [0.25, 0.3) is 22.5 Å². The van der Waals surface area contributed by atoms with Gasteiger partial charge in [-0.15, -0.1) is 0 Å². The summed E-state index contributed by atoms with van der Waals surface area (Å²) in [5, 5.41) is 4.96. The van der Waals surface area contributed by atoms with Crippen molar-refractivity contribution in [1.82, 2.24) is 5.32 Å². The fourth-order valence-corrected chi connectivity index (χ4v) is 9.37. The molecule has 3 atom stereocenters. The fraction of sp³-hybridized carbons (Fsp3) is 0.400. The Hall–Kier alpha value is -3.70. The van der Waals surface area contributed by atoms with Crippen molar-refractivity contribution >= 4 is 24.5 Å². The van der Waals surface area contributed by atoms with Crippen molar-refractivity contribution in [1.29, 1.82) is 0 Å². The van der Waals surface area contributed by atoms with Crippen LogP contribution in [0.15, 0.2) is 91.8 Å². The molecule has 0 amide bonds. The molecule has 0 aliphatic carbocycles. The average molecular weight is 618 g/mol. The van der Waals surface area contributed by atoms with Crippen molar-refractivity contribution in [2.24, 2.45) is 5.92 Å². The molecule has 3 aliphatic heterocycles. The first-order valence-electron chi connectivity index (χ1n) is 16.7. The summed E-state index contributed by atoms with van der Waals surface area (Å²) in [6.07, 6.45) is 6.69. The number of rotatable bonds is 4. The fourth-order valence-electron chi connectivity index (χ4n) is 7.62. The number of hydrogen-bond acceptors (Lipinski definition) is 2. The smallest absolute Gasteiger partial charge is 0.249 e. The van der Waals surface area contributed by atoms with Crippen LogP contribution < -0.4 is 19.6 Å². The summed E-state index contributed by atoms with van der Waals surface area (Å²) < 4.78 is 11.1. The molecule has 2 aromatic heterocycles. The van der Waals surface area contributed by atoms with Crippen LogP contribution >= 0.6 is 0 Å². The van der Waals surface area contributed by atoms with Crippen molar-refractivity contribution in [3.63, 3.8) is 0 Å². The highest BCUT2D eigenvalue weighted by Crippen LogP contribution is 2.46. The predicted molar refractivity (Wildman–Crippen MR) is 190 cm³/mol. The van der Waals surface area contributed by atoms with Gasteiger partial charge in [0.2, 0.25) is 23.1 Å². The summed E-state index contributed by atoms with van der Waals surface area (Å²) in [6, 6.07) is 16.3. The molecule has 5 heterocycles. The molecule has 0 saturated heterocycles. The van der Waals surface area contributed by atoms with E-state index < -0.39 is 8.07 Å². The summed E-state index contributed by atoms with van der Waals surface area (Å²) >= 11 is 0. The van der Waals surface area contributed by atoms with Crippen LogP contribution in [-0.4, -0.2) is 14.6 Å². The average Bonchev–Trinajstić information content (AvgIpc) is 3.10. The van der Waals surface area contributed by atoms with Crippen molar-refractivity contribution in [2.75, 3.05) is 6.54 Å². The summed E-state index contributed by atoms with van der Waals surface area (Å²) in [4.78, 5) is 0. The molecule has 1 aromatic carbocycles. The lowest BCUT2D eigenvalue weighted by Crippen LogP contribution is -2.57. The molecular formula is C40H51N3OSi+2. The summed E-state index contributed by atoms with van der Waals surface area (Å²) in [6.45, 7) is 33.2. The third-order valence-corrected chi connectivity index (χ3v) is 12.5. The SMILES string of the molecule is C=C1NCC2=C(C(=C)O1)c1cc(C(C)C(C)C)cc[n+]1C(=C)C1C(CC2)c2ccccc2-c2cc(C(C)C)c([Si](C)(C)C)c[n+]21. The zero-order valence-corrected chi connectivity index (χ0v) is 29.6. The Kier molecular flexibility index (Phi) is 8.05. The van der Waals surface area contributed by atoms with Crippen molar-refractivity contribution in [3.8, 4) is 11.3 Å². The summed E-state index contributed by atoms with van der Waals surface area (Å²) in [5.41, 5.74) is 11.4. The Labute approximate surface area is 271 Å². The topological polar surface area (TPSA) is 29.0 Å². The highest BCUT2D eigenvalue weighted by Gasteiger charge is 2.48. The van der Waals surface area contributed by atoms with Gasteiger partial charge in [0.1, 0.15) is 5.76 Å². The second kappa shape index (κ2) is 11.6. The third-order valence-electron chi connectivity index (χ3n) is 10.4. The van der Waals surface area contributed by atoms with Gasteiger partial charge in [-0.05, 0) is 72.1 Å². The molecule has 6 rings (SSSR count). The quantitative estimate of drug-likeness (QED) is 0.236. The van der Waals surface area contributed by atoms with Crippen LogP contribution in [0.2, 0.25) is 19.6 Å². The third kappa shape index (κ3) is 5.43. The van der Waals surface area contributed by atoms with Gasteiger partial charge in [0.25, 0.3) is 0 Å². The first-order chi connectivity index (χ1) is 21.3. The highest BCUT2D eigenvalue weighted by molar-refractivity contribution is 6.89. The van der Waals surface area contributed by atoms with E-state index in [-0.39, 0.29) is 12.0 Å². The number of pyridine rings is 2. The Bertz CT molecular complexity index is 1760. The van der Waals surface area contributed by atoms with E-state index in [1.54, 1.807) is 0 Å². The van der Waals surface area contributed by atoms with Gasteiger partial charge in [0.15, 0.2) is 18.3 Å². The number of nitrogens with zero attached hydrogens (tertiary/aromatic N) is 2. The number of hydrogen-bond donors (Lipinski definition) is 1. The first kappa shape index (κ1) is 31.3. The molecule has 1 N–H and O–H groups in total. The van der Waals surface area contributed by atoms with E-state index in [4.69, 9.17) is 11.3 Å². The number of benzene rings is 1. The minimum Gasteiger partial charge on any atom is -0.442 e. The molecule has 4 nitrogen and oxygen atoms in total. The second-order valence-corrected chi connectivity index (χ2v) is 20.1. The molecule has 0 radical (unpaired) electrons. The number of ether oxygens (including phenoxy) is 1. The summed E-state index contributed by atoms with van der Waals surface area (Å²) in [5.74, 6) is 2.84. The van der Waals surface area contributed by atoms with E-state index in [1.807, 2.05) is 0 Å². The van der Waals surface area contributed by atoms with Gasteiger partial charge >= 0.3 is 0 Å². The van der Waals surface area contributed by atoms with Crippen LogP contribution in [-0.2, 0) is 4.74 Å². The molecule has 45 heavy (non-hydrogen) atoms. The van der Waals surface area contributed by atoms with Crippen LogP contribution in [0.4, 0.5) is 0 Å². The van der Waals surface area contributed by atoms with E-state index in [2.05, 4.69) is 137 Å². The molecule has 234 valence electrons. The minimum absolute atomic E-state index is 0.0592. The molecule has 3 aliphatic rings. The van der Waals surface area contributed by atoms with Gasteiger partial charge < -0.3 is 10.1 Å². The number of aromatic nitrogens is 2. The monoisotopic (exact) mass is 617 g/mol. The van der Waals surface area contributed by atoms with Crippen molar-refractivity contribution in [3.05, 3.63) is 114 Å². The molecule has 0 fully saturated rings. The Morgan fingerprint density at radius 1 is 0.956 bits per heavy atom. The minimum atomic E-state index is -1.66. The molecule has 0 bridgehead atoms. The maximum absolute atomic E-state index is 6.18. The Morgan fingerprint density at radius 2 is 1.69 bits per heavy atom. The molecular weight excluding hydrogens is 567 g/mol. The zero-order valence-electron chi connectivity index (χ0n) is 28.6. The van der Waals surface area contributed by atoms with E-state index in [0.717, 1.165) is 29.8 Å². The maximum Gasteiger partial charge on any atom is 0.249 e. The molecule has 3 unspecified atom stereocenters. The van der Waals surface area contributed by atoms with E-state index >= 15 is 0 Å². The number of nitrogens with one attached hydrogen (secondary N) is 1. The number of allylic oxidation sites excluding steroid dienone is 2. The van der Waals surface area contributed by atoms with Crippen LogP contribution in [0.3, 0.4) is 0 Å². The van der Waals surface area contributed by atoms with Crippen LogP contribution in [0, 0.1) is 5.92 Å². The molecule has 3 aromatic rings. The van der Waals surface area contributed by atoms with Gasteiger partial charge in [-0.3, -0.25) is 0 Å². The molecule has 0 saturated carbocycles.